The summed E-state index contributed by atoms with van der Waals surface area (Å²) in [6.45, 7) is 7.45. The third-order valence-electron chi connectivity index (χ3n) is 4.23. The Morgan fingerprint density at radius 3 is 2.67 bits per heavy atom. The summed E-state index contributed by atoms with van der Waals surface area (Å²) in [5.74, 6) is 0.431. The number of benzene rings is 1. The number of aromatic amines is 1. The molecule has 0 radical (unpaired) electrons. The van der Waals surface area contributed by atoms with Gasteiger partial charge < -0.3 is 15.0 Å². The largest absolute Gasteiger partial charge is 0.370 e. The van der Waals surface area contributed by atoms with Crippen LogP contribution in [0.1, 0.15) is 16.8 Å². The van der Waals surface area contributed by atoms with Crippen LogP contribution in [0.25, 0.3) is 0 Å². The van der Waals surface area contributed by atoms with Gasteiger partial charge in [0, 0.05) is 6.42 Å². The molecule has 3 rings (SSSR count). The molecule has 1 aliphatic rings. The smallest absolute Gasteiger partial charge is 0.274 e. The normalized spacial score (nSPS) is 15.4. The maximum atomic E-state index is 12.2. The fourth-order valence-electron chi connectivity index (χ4n) is 2.72. The Morgan fingerprint density at radius 2 is 1.96 bits per heavy atom. The van der Waals surface area contributed by atoms with Crippen LogP contribution in [0.3, 0.4) is 0 Å². The molecule has 1 aromatic carbocycles. The quantitative estimate of drug-likeness (QED) is 0.658. The number of quaternary nitrogens is 1. The molecule has 0 amide bonds. The van der Waals surface area contributed by atoms with Gasteiger partial charge in [-0.05, 0) is 12.5 Å². The minimum atomic E-state index is -0.188. The second-order valence-electron chi connectivity index (χ2n) is 6.15. The average Bonchev–Trinajstić information content (AvgIpc) is 2.60. The lowest BCUT2D eigenvalue weighted by Crippen LogP contribution is -3.14. The predicted octanol–water partition coefficient (Wildman–Crippen LogP) is -0.609. The van der Waals surface area contributed by atoms with Gasteiger partial charge in [0.1, 0.15) is 18.8 Å². The summed E-state index contributed by atoms with van der Waals surface area (Å²) in [4.78, 5) is 16.4. The van der Waals surface area contributed by atoms with Gasteiger partial charge in [0.25, 0.3) is 5.56 Å². The highest BCUT2D eigenvalue weighted by Gasteiger charge is 2.13. The van der Waals surface area contributed by atoms with Crippen molar-refractivity contribution in [2.45, 2.75) is 13.3 Å². The Bertz CT molecular complexity index is 708. The molecule has 24 heavy (non-hydrogen) atoms. The van der Waals surface area contributed by atoms with Crippen molar-refractivity contribution < 1.29 is 9.64 Å². The molecule has 1 saturated heterocycles. The molecule has 2 heterocycles. The van der Waals surface area contributed by atoms with Gasteiger partial charge in [0.15, 0.2) is 0 Å². The summed E-state index contributed by atoms with van der Waals surface area (Å²) in [6.07, 6.45) is 0.487. The van der Waals surface area contributed by atoms with E-state index in [4.69, 9.17) is 4.74 Å². The van der Waals surface area contributed by atoms with Gasteiger partial charge in [-0.15, -0.1) is 10.2 Å². The molecule has 7 nitrogen and oxygen atoms in total. The van der Waals surface area contributed by atoms with Crippen molar-refractivity contribution >= 4 is 5.95 Å². The zero-order chi connectivity index (χ0) is 16.8. The molecule has 1 aromatic heterocycles. The van der Waals surface area contributed by atoms with Gasteiger partial charge in [-0.25, -0.2) is 0 Å². The van der Waals surface area contributed by atoms with E-state index >= 15 is 0 Å². The number of aromatic nitrogens is 3. The predicted molar refractivity (Wildman–Crippen MR) is 91.5 cm³/mol. The van der Waals surface area contributed by atoms with E-state index in [9.17, 15) is 4.79 Å². The molecule has 1 aliphatic heterocycles. The van der Waals surface area contributed by atoms with Crippen LogP contribution >= 0.6 is 0 Å². The van der Waals surface area contributed by atoms with Crippen LogP contribution in [-0.2, 0) is 11.2 Å². The van der Waals surface area contributed by atoms with Gasteiger partial charge in [0.05, 0.1) is 26.3 Å². The van der Waals surface area contributed by atoms with Crippen LogP contribution in [0, 0.1) is 6.92 Å². The molecule has 0 aliphatic carbocycles. The number of nitrogens with zero attached hydrogens (tertiary/aromatic N) is 2. The summed E-state index contributed by atoms with van der Waals surface area (Å²) < 4.78 is 5.34. The summed E-state index contributed by atoms with van der Waals surface area (Å²) >= 11 is 0. The second-order valence-corrected chi connectivity index (χ2v) is 6.15. The first kappa shape index (κ1) is 16.6. The lowest BCUT2D eigenvalue weighted by Gasteiger charge is -2.23. The number of anilines is 1. The van der Waals surface area contributed by atoms with Crippen molar-refractivity contribution in [1.29, 1.82) is 0 Å². The summed E-state index contributed by atoms with van der Waals surface area (Å²) in [5.41, 5.74) is 2.49. The van der Waals surface area contributed by atoms with Gasteiger partial charge in [-0.1, -0.05) is 29.8 Å². The highest BCUT2D eigenvalue weighted by Crippen LogP contribution is 2.06. The Hall–Kier alpha value is -2.25. The zero-order valence-electron chi connectivity index (χ0n) is 14.0. The molecule has 0 unspecified atom stereocenters. The molecule has 0 spiro atoms. The second kappa shape index (κ2) is 8.03. The number of H-pyrrole nitrogens is 1. The van der Waals surface area contributed by atoms with E-state index in [2.05, 4.69) is 20.5 Å². The van der Waals surface area contributed by atoms with Crippen LogP contribution in [0.15, 0.2) is 29.1 Å². The number of morpholine rings is 1. The first-order valence-corrected chi connectivity index (χ1v) is 8.37. The van der Waals surface area contributed by atoms with Crippen molar-refractivity contribution in [2.24, 2.45) is 0 Å². The molecular weight excluding hydrogens is 306 g/mol. The fraction of sp³-hybridized carbons (Fsp3) is 0.471. The molecule has 0 atom stereocenters. The SMILES string of the molecule is Cc1ccc(Cc2nnc(NCC[NH+]3CCOCC3)[nH]c2=O)cc1. The first-order valence-electron chi connectivity index (χ1n) is 8.37. The van der Waals surface area contributed by atoms with Crippen molar-refractivity contribution in [3.63, 3.8) is 0 Å². The molecule has 1 fully saturated rings. The van der Waals surface area contributed by atoms with E-state index in [1.807, 2.05) is 31.2 Å². The van der Waals surface area contributed by atoms with Crippen LogP contribution in [0.5, 0.6) is 0 Å². The number of rotatable bonds is 6. The molecule has 7 heteroatoms. The van der Waals surface area contributed by atoms with Crippen molar-refractivity contribution in [2.75, 3.05) is 44.7 Å². The van der Waals surface area contributed by atoms with E-state index in [0.717, 1.165) is 45.0 Å². The summed E-state index contributed by atoms with van der Waals surface area (Å²) in [7, 11) is 0. The number of hydrogen-bond donors (Lipinski definition) is 3. The monoisotopic (exact) mass is 330 g/mol. The van der Waals surface area contributed by atoms with Crippen molar-refractivity contribution in [3.05, 3.63) is 51.4 Å². The molecule has 0 saturated carbocycles. The Kier molecular flexibility index (Phi) is 5.55. The number of ether oxygens (including phenoxy) is 1. The number of hydrogen-bond acceptors (Lipinski definition) is 5. The van der Waals surface area contributed by atoms with E-state index in [1.54, 1.807) is 0 Å². The van der Waals surface area contributed by atoms with E-state index in [1.165, 1.54) is 10.5 Å². The van der Waals surface area contributed by atoms with E-state index in [-0.39, 0.29) is 5.56 Å². The maximum absolute atomic E-state index is 12.2. The van der Waals surface area contributed by atoms with Gasteiger partial charge >= 0.3 is 0 Å². The zero-order valence-corrected chi connectivity index (χ0v) is 14.0. The maximum Gasteiger partial charge on any atom is 0.274 e. The molecule has 2 aromatic rings. The standard InChI is InChI=1S/C17H23N5O2/c1-13-2-4-14(5-3-13)12-15-16(23)19-17(21-20-15)18-6-7-22-8-10-24-11-9-22/h2-5H,6-12H2,1H3,(H2,18,19,21,23)/p+1. The molecule has 0 bridgehead atoms. The molecule has 3 N–H and O–H groups in total. The highest BCUT2D eigenvalue weighted by atomic mass is 16.5. The molecule has 128 valence electrons. The van der Waals surface area contributed by atoms with Crippen LogP contribution < -0.4 is 15.8 Å². The van der Waals surface area contributed by atoms with Crippen LogP contribution in [-0.4, -0.2) is 54.6 Å². The van der Waals surface area contributed by atoms with Crippen molar-refractivity contribution in [3.8, 4) is 0 Å². The average molecular weight is 330 g/mol. The number of aryl methyl sites for hydroxylation is 1. The lowest BCUT2D eigenvalue weighted by atomic mass is 10.1. The van der Waals surface area contributed by atoms with Gasteiger partial charge in [-0.3, -0.25) is 9.78 Å². The van der Waals surface area contributed by atoms with Crippen molar-refractivity contribution in [1.82, 2.24) is 15.2 Å². The Balaban J connectivity index is 1.54. The number of nitrogens with one attached hydrogen (secondary N) is 3. The third-order valence-corrected chi connectivity index (χ3v) is 4.23. The summed E-state index contributed by atoms with van der Waals surface area (Å²) in [6, 6.07) is 8.07. The van der Waals surface area contributed by atoms with Gasteiger partial charge in [0.2, 0.25) is 5.95 Å². The minimum Gasteiger partial charge on any atom is -0.370 e. The Morgan fingerprint density at radius 1 is 1.21 bits per heavy atom. The fourth-order valence-corrected chi connectivity index (χ4v) is 2.72. The first-order chi connectivity index (χ1) is 11.7. The van der Waals surface area contributed by atoms with E-state index < -0.39 is 0 Å². The minimum absolute atomic E-state index is 0.188. The lowest BCUT2D eigenvalue weighted by molar-refractivity contribution is -0.906. The summed E-state index contributed by atoms with van der Waals surface area (Å²) in [5, 5.41) is 11.3. The molecular formula is C17H24N5O2+. The Labute approximate surface area is 141 Å². The van der Waals surface area contributed by atoms with E-state index in [0.29, 0.717) is 18.1 Å². The topological polar surface area (TPSA) is 84.3 Å². The third kappa shape index (κ3) is 4.62. The van der Waals surface area contributed by atoms with Crippen LogP contribution in [0.4, 0.5) is 5.95 Å². The highest BCUT2D eigenvalue weighted by molar-refractivity contribution is 5.26. The van der Waals surface area contributed by atoms with Crippen LogP contribution in [0.2, 0.25) is 0 Å². The van der Waals surface area contributed by atoms with Gasteiger partial charge in [-0.2, -0.15) is 0 Å².